The van der Waals surface area contributed by atoms with E-state index in [2.05, 4.69) is 0 Å². The SMILES string of the molecule is Cc1ccccc1C(=O)N1CCCC(CCC(=O)O)C1. The fourth-order valence-electron chi connectivity index (χ4n) is 2.80. The second kappa shape index (κ2) is 6.55. The van der Waals surface area contributed by atoms with Crippen molar-refractivity contribution in [3.05, 3.63) is 35.4 Å². The summed E-state index contributed by atoms with van der Waals surface area (Å²) in [6.45, 7) is 3.40. The maximum Gasteiger partial charge on any atom is 0.303 e. The summed E-state index contributed by atoms with van der Waals surface area (Å²) in [4.78, 5) is 25.0. The minimum absolute atomic E-state index is 0.0723. The predicted molar refractivity (Wildman–Crippen MR) is 76.7 cm³/mol. The van der Waals surface area contributed by atoms with E-state index in [-0.39, 0.29) is 12.3 Å². The van der Waals surface area contributed by atoms with Crippen LogP contribution >= 0.6 is 0 Å². The highest BCUT2D eigenvalue weighted by atomic mass is 16.4. The molecule has 1 atom stereocenters. The Morgan fingerprint density at radius 2 is 2.10 bits per heavy atom. The molecule has 0 aliphatic carbocycles. The van der Waals surface area contributed by atoms with E-state index >= 15 is 0 Å². The van der Waals surface area contributed by atoms with E-state index in [0.29, 0.717) is 18.9 Å². The van der Waals surface area contributed by atoms with Gasteiger partial charge in [0.2, 0.25) is 0 Å². The molecule has 0 bridgehead atoms. The number of carboxylic acid groups (broad SMARTS) is 1. The molecule has 1 N–H and O–H groups in total. The van der Waals surface area contributed by atoms with Crippen LogP contribution in [0.2, 0.25) is 0 Å². The summed E-state index contributed by atoms with van der Waals surface area (Å²) < 4.78 is 0. The van der Waals surface area contributed by atoms with Crippen LogP contribution in [0.5, 0.6) is 0 Å². The van der Waals surface area contributed by atoms with E-state index in [9.17, 15) is 9.59 Å². The van der Waals surface area contributed by atoms with Crippen molar-refractivity contribution in [2.45, 2.75) is 32.6 Å². The molecular formula is C16H21NO3. The Bertz CT molecular complexity index is 498. The van der Waals surface area contributed by atoms with E-state index < -0.39 is 5.97 Å². The Kier molecular flexibility index (Phi) is 4.77. The van der Waals surface area contributed by atoms with Gasteiger partial charge in [-0.3, -0.25) is 9.59 Å². The Balaban J connectivity index is 2.00. The fourth-order valence-corrected chi connectivity index (χ4v) is 2.80. The standard InChI is InChI=1S/C16H21NO3/c1-12-5-2-3-7-14(12)16(20)17-10-4-6-13(11-17)8-9-15(18)19/h2-3,5,7,13H,4,6,8-11H2,1H3,(H,18,19). The first-order valence-corrected chi connectivity index (χ1v) is 7.14. The smallest absolute Gasteiger partial charge is 0.303 e. The van der Waals surface area contributed by atoms with Crippen molar-refractivity contribution in [2.24, 2.45) is 5.92 Å². The molecule has 2 rings (SSSR count). The number of piperidine rings is 1. The highest BCUT2D eigenvalue weighted by Gasteiger charge is 2.25. The molecule has 20 heavy (non-hydrogen) atoms. The minimum atomic E-state index is -0.757. The molecule has 1 aliphatic rings. The van der Waals surface area contributed by atoms with Gasteiger partial charge in [-0.2, -0.15) is 0 Å². The number of aryl methyl sites for hydroxylation is 1. The van der Waals surface area contributed by atoms with Gasteiger partial charge in [-0.1, -0.05) is 18.2 Å². The Morgan fingerprint density at radius 1 is 1.35 bits per heavy atom. The normalized spacial score (nSPS) is 18.9. The average molecular weight is 275 g/mol. The first-order valence-electron chi connectivity index (χ1n) is 7.14. The van der Waals surface area contributed by atoms with Crippen LogP contribution in [0.25, 0.3) is 0 Å². The molecule has 1 aliphatic heterocycles. The third kappa shape index (κ3) is 3.59. The van der Waals surface area contributed by atoms with Crippen molar-refractivity contribution >= 4 is 11.9 Å². The van der Waals surface area contributed by atoms with Crippen LogP contribution in [-0.4, -0.2) is 35.0 Å². The topological polar surface area (TPSA) is 57.6 Å². The molecule has 0 saturated carbocycles. The summed E-state index contributed by atoms with van der Waals surface area (Å²) in [6.07, 6.45) is 2.83. The van der Waals surface area contributed by atoms with E-state index in [1.54, 1.807) is 0 Å². The fraction of sp³-hybridized carbons (Fsp3) is 0.500. The molecule has 108 valence electrons. The number of benzene rings is 1. The molecule has 0 spiro atoms. The monoisotopic (exact) mass is 275 g/mol. The van der Waals surface area contributed by atoms with E-state index in [1.807, 2.05) is 36.1 Å². The zero-order chi connectivity index (χ0) is 14.5. The third-order valence-corrected chi connectivity index (χ3v) is 3.95. The van der Waals surface area contributed by atoms with Gasteiger partial charge in [0.1, 0.15) is 0 Å². The lowest BCUT2D eigenvalue weighted by molar-refractivity contribution is -0.137. The third-order valence-electron chi connectivity index (χ3n) is 3.95. The van der Waals surface area contributed by atoms with Gasteiger partial charge in [0.25, 0.3) is 5.91 Å². The van der Waals surface area contributed by atoms with Crippen LogP contribution in [0.3, 0.4) is 0 Å². The van der Waals surface area contributed by atoms with Gasteiger partial charge < -0.3 is 10.0 Å². The van der Waals surface area contributed by atoms with E-state index in [4.69, 9.17) is 5.11 Å². The summed E-state index contributed by atoms with van der Waals surface area (Å²) in [5, 5.41) is 8.75. The van der Waals surface area contributed by atoms with Gasteiger partial charge in [0.05, 0.1) is 0 Å². The number of nitrogens with zero attached hydrogens (tertiary/aromatic N) is 1. The lowest BCUT2D eigenvalue weighted by Crippen LogP contribution is -2.40. The Labute approximate surface area is 119 Å². The Hall–Kier alpha value is -1.84. The highest BCUT2D eigenvalue weighted by Crippen LogP contribution is 2.23. The van der Waals surface area contributed by atoms with E-state index in [1.165, 1.54) is 0 Å². The highest BCUT2D eigenvalue weighted by molar-refractivity contribution is 5.95. The summed E-state index contributed by atoms with van der Waals surface area (Å²) in [5.41, 5.74) is 1.75. The molecule has 1 amide bonds. The lowest BCUT2D eigenvalue weighted by atomic mass is 9.92. The van der Waals surface area contributed by atoms with Gasteiger partial charge in [-0.15, -0.1) is 0 Å². The molecule has 1 fully saturated rings. The molecule has 1 aromatic carbocycles. The summed E-state index contributed by atoms with van der Waals surface area (Å²) in [5.74, 6) is -0.372. The van der Waals surface area contributed by atoms with Crippen LogP contribution in [-0.2, 0) is 4.79 Å². The van der Waals surface area contributed by atoms with Crippen LogP contribution in [0.4, 0.5) is 0 Å². The summed E-state index contributed by atoms with van der Waals surface area (Å²) >= 11 is 0. The quantitative estimate of drug-likeness (QED) is 0.919. The maximum absolute atomic E-state index is 12.5. The molecule has 4 nitrogen and oxygen atoms in total. The molecule has 4 heteroatoms. The van der Waals surface area contributed by atoms with Gasteiger partial charge >= 0.3 is 5.97 Å². The largest absolute Gasteiger partial charge is 0.481 e. The predicted octanol–water partition coefficient (Wildman–Crippen LogP) is 2.71. The van der Waals surface area contributed by atoms with Crippen molar-refractivity contribution in [2.75, 3.05) is 13.1 Å². The maximum atomic E-state index is 12.5. The molecule has 1 saturated heterocycles. The van der Waals surface area contributed by atoms with Gasteiger partial charge in [0.15, 0.2) is 0 Å². The first-order chi connectivity index (χ1) is 9.58. The second-order valence-electron chi connectivity index (χ2n) is 5.51. The van der Waals surface area contributed by atoms with Gasteiger partial charge in [0, 0.05) is 25.1 Å². The Morgan fingerprint density at radius 3 is 2.80 bits per heavy atom. The molecule has 0 aromatic heterocycles. The van der Waals surface area contributed by atoms with Crippen LogP contribution in [0, 0.1) is 12.8 Å². The number of aliphatic carboxylic acids is 1. The number of carbonyl (C=O) groups is 2. The van der Waals surface area contributed by atoms with Crippen molar-refractivity contribution in [1.82, 2.24) is 4.90 Å². The molecule has 1 unspecified atom stereocenters. The number of rotatable bonds is 4. The molecular weight excluding hydrogens is 254 g/mol. The van der Waals surface area contributed by atoms with Crippen molar-refractivity contribution < 1.29 is 14.7 Å². The first kappa shape index (κ1) is 14.6. The van der Waals surface area contributed by atoms with Crippen LogP contribution in [0.15, 0.2) is 24.3 Å². The minimum Gasteiger partial charge on any atom is -0.481 e. The lowest BCUT2D eigenvalue weighted by Gasteiger charge is -2.33. The van der Waals surface area contributed by atoms with E-state index in [0.717, 1.165) is 30.5 Å². The number of hydrogen-bond acceptors (Lipinski definition) is 2. The zero-order valence-electron chi connectivity index (χ0n) is 11.8. The molecule has 0 radical (unpaired) electrons. The average Bonchev–Trinajstić information content (AvgIpc) is 2.45. The molecule has 1 heterocycles. The molecule has 1 aromatic rings. The number of amides is 1. The van der Waals surface area contributed by atoms with Gasteiger partial charge in [-0.05, 0) is 43.7 Å². The number of carbonyl (C=O) groups excluding carboxylic acids is 1. The van der Waals surface area contributed by atoms with Crippen LogP contribution in [0.1, 0.15) is 41.6 Å². The summed E-state index contributed by atoms with van der Waals surface area (Å²) in [7, 11) is 0. The van der Waals surface area contributed by atoms with Crippen LogP contribution < -0.4 is 0 Å². The number of carboxylic acids is 1. The second-order valence-corrected chi connectivity index (χ2v) is 5.51. The number of hydrogen-bond donors (Lipinski definition) is 1. The zero-order valence-corrected chi connectivity index (χ0v) is 11.8. The van der Waals surface area contributed by atoms with Crippen molar-refractivity contribution in [1.29, 1.82) is 0 Å². The van der Waals surface area contributed by atoms with Crippen molar-refractivity contribution in [3.63, 3.8) is 0 Å². The number of likely N-dealkylation sites (tertiary alicyclic amines) is 1. The summed E-state index contributed by atoms with van der Waals surface area (Å²) in [6, 6.07) is 7.61. The van der Waals surface area contributed by atoms with Crippen molar-refractivity contribution in [3.8, 4) is 0 Å². The van der Waals surface area contributed by atoms with Gasteiger partial charge in [-0.25, -0.2) is 0 Å².